The van der Waals surface area contributed by atoms with Crippen LogP contribution in [0.25, 0.3) is 0 Å². The number of carbonyl (C=O) groups excluding carboxylic acids is 1. The summed E-state index contributed by atoms with van der Waals surface area (Å²) in [6.07, 6.45) is 3.00. The first-order valence-electron chi connectivity index (χ1n) is 5.78. The van der Waals surface area contributed by atoms with Gasteiger partial charge < -0.3 is 5.32 Å². The van der Waals surface area contributed by atoms with E-state index in [1.54, 1.807) is 0 Å². The minimum absolute atomic E-state index is 0. The molecule has 0 aliphatic carbocycles. The molecule has 1 aliphatic rings. The van der Waals surface area contributed by atoms with Crippen molar-refractivity contribution in [2.24, 2.45) is 23.2 Å². The van der Waals surface area contributed by atoms with Gasteiger partial charge in [0.25, 0.3) is 0 Å². The molecule has 0 aromatic heterocycles. The Balaban J connectivity index is 0.00000225. The third-order valence-corrected chi connectivity index (χ3v) is 3.45. The van der Waals surface area contributed by atoms with Crippen LogP contribution in [-0.4, -0.2) is 12.5 Å². The Morgan fingerprint density at radius 1 is 1.60 bits per heavy atom. The largest absolute Gasteiger partial charge is 0.355 e. The maximum atomic E-state index is 12.0. The van der Waals surface area contributed by atoms with Gasteiger partial charge in [-0.1, -0.05) is 33.8 Å². The van der Waals surface area contributed by atoms with E-state index in [2.05, 4.69) is 39.6 Å². The molecule has 1 rings (SSSR count). The summed E-state index contributed by atoms with van der Waals surface area (Å²) in [5, 5.41) is 3.02. The molecule has 1 fully saturated rings. The molecule has 15 heavy (non-hydrogen) atoms. The fraction of sp³-hybridized carbons (Fsp3) is 0.769. The SMILES string of the molecule is C=CC1CNC(=O)C(C(C)C)C(C)(C)C1.[HH]. The molecule has 0 bridgehead atoms. The molecule has 88 valence electrons. The Kier molecular flexibility index (Phi) is 3.58. The smallest absolute Gasteiger partial charge is 0.223 e. The van der Waals surface area contributed by atoms with Crippen molar-refractivity contribution >= 4 is 5.91 Å². The van der Waals surface area contributed by atoms with E-state index in [0.29, 0.717) is 11.8 Å². The van der Waals surface area contributed by atoms with Gasteiger partial charge in [0, 0.05) is 13.9 Å². The zero-order chi connectivity index (χ0) is 11.6. The van der Waals surface area contributed by atoms with Crippen molar-refractivity contribution in [1.29, 1.82) is 0 Å². The predicted octanol–water partition coefficient (Wildman–Crippen LogP) is 2.85. The van der Waals surface area contributed by atoms with Crippen LogP contribution >= 0.6 is 0 Å². The summed E-state index contributed by atoms with van der Waals surface area (Å²) in [4.78, 5) is 12.0. The quantitative estimate of drug-likeness (QED) is 0.699. The van der Waals surface area contributed by atoms with Crippen LogP contribution in [0.5, 0.6) is 0 Å². The van der Waals surface area contributed by atoms with Crippen LogP contribution in [-0.2, 0) is 4.79 Å². The average Bonchev–Trinajstić information content (AvgIpc) is 2.21. The molecule has 2 heteroatoms. The number of hydrogen-bond donors (Lipinski definition) is 1. The monoisotopic (exact) mass is 211 g/mol. The average molecular weight is 211 g/mol. The summed E-state index contributed by atoms with van der Waals surface area (Å²) in [6, 6.07) is 0. The summed E-state index contributed by atoms with van der Waals surface area (Å²) < 4.78 is 0. The fourth-order valence-corrected chi connectivity index (χ4v) is 2.94. The van der Waals surface area contributed by atoms with Gasteiger partial charge in [0.15, 0.2) is 0 Å². The second-order valence-electron chi connectivity index (χ2n) is 5.66. The first-order valence-corrected chi connectivity index (χ1v) is 5.78. The van der Waals surface area contributed by atoms with Crippen LogP contribution in [0.4, 0.5) is 0 Å². The summed E-state index contributed by atoms with van der Waals surface area (Å²) in [5.74, 6) is 1.12. The maximum absolute atomic E-state index is 12.0. The number of carbonyl (C=O) groups is 1. The molecule has 2 unspecified atom stereocenters. The summed E-state index contributed by atoms with van der Waals surface area (Å²) in [5.41, 5.74) is 0.0631. The van der Waals surface area contributed by atoms with E-state index in [4.69, 9.17) is 0 Å². The van der Waals surface area contributed by atoms with Crippen LogP contribution in [0.1, 0.15) is 35.5 Å². The van der Waals surface area contributed by atoms with Gasteiger partial charge in [-0.15, -0.1) is 6.58 Å². The van der Waals surface area contributed by atoms with Crippen molar-refractivity contribution in [2.45, 2.75) is 34.1 Å². The summed E-state index contributed by atoms with van der Waals surface area (Å²) >= 11 is 0. The lowest BCUT2D eigenvalue weighted by molar-refractivity contribution is -0.129. The molecule has 0 aromatic rings. The van der Waals surface area contributed by atoms with Crippen molar-refractivity contribution < 1.29 is 6.22 Å². The molecule has 1 N–H and O–H groups in total. The second-order valence-corrected chi connectivity index (χ2v) is 5.66. The molecule has 2 nitrogen and oxygen atoms in total. The summed E-state index contributed by atoms with van der Waals surface area (Å²) in [7, 11) is 0. The van der Waals surface area contributed by atoms with Gasteiger partial charge in [0.2, 0.25) is 5.91 Å². The molecule has 0 saturated carbocycles. The Morgan fingerprint density at radius 2 is 2.20 bits per heavy atom. The number of hydrogen-bond acceptors (Lipinski definition) is 1. The van der Waals surface area contributed by atoms with E-state index in [9.17, 15) is 4.79 Å². The van der Waals surface area contributed by atoms with Crippen LogP contribution in [0.2, 0.25) is 0 Å². The lowest BCUT2D eigenvalue weighted by Gasteiger charge is -2.34. The minimum atomic E-state index is 0. The van der Waals surface area contributed by atoms with Gasteiger partial charge in [-0.2, -0.15) is 0 Å². The van der Waals surface area contributed by atoms with E-state index in [-0.39, 0.29) is 18.7 Å². The molecule has 1 amide bonds. The zero-order valence-corrected chi connectivity index (χ0v) is 10.3. The minimum Gasteiger partial charge on any atom is -0.355 e. The second kappa shape index (κ2) is 4.38. The third kappa shape index (κ3) is 2.61. The van der Waals surface area contributed by atoms with Crippen molar-refractivity contribution in [3.05, 3.63) is 12.7 Å². The molecule has 1 saturated heterocycles. The highest BCUT2D eigenvalue weighted by molar-refractivity contribution is 5.80. The topological polar surface area (TPSA) is 29.1 Å². The Labute approximate surface area is 94.6 Å². The van der Waals surface area contributed by atoms with Crippen molar-refractivity contribution in [3.8, 4) is 0 Å². The number of rotatable bonds is 2. The zero-order valence-electron chi connectivity index (χ0n) is 10.3. The Morgan fingerprint density at radius 3 is 2.67 bits per heavy atom. The molecular weight excluding hydrogens is 186 g/mol. The highest BCUT2D eigenvalue weighted by Gasteiger charge is 2.40. The van der Waals surface area contributed by atoms with Gasteiger partial charge in [-0.3, -0.25) is 4.79 Å². The highest BCUT2D eigenvalue weighted by atomic mass is 16.1. The van der Waals surface area contributed by atoms with Crippen LogP contribution < -0.4 is 5.32 Å². The molecule has 1 heterocycles. The van der Waals surface area contributed by atoms with Gasteiger partial charge in [0.1, 0.15) is 0 Å². The standard InChI is InChI=1S/C13H23NO.H2/c1-6-10-7-13(4,5)11(9(2)3)12(15)14-8-10;/h6,9-11H,1,7-8H2,2-5H3,(H,14,15);1H. The highest BCUT2D eigenvalue weighted by Crippen LogP contribution is 2.40. The molecule has 2 atom stereocenters. The predicted molar refractivity (Wildman–Crippen MR) is 65.5 cm³/mol. The van der Waals surface area contributed by atoms with Crippen LogP contribution in [0, 0.1) is 23.2 Å². The van der Waals surface area contributed by atoms with E-state index >= 15 is 0 Å². The van der Waals surface area contributed by atoms with Gasteiger partial charge in [0.05, 0.1) is 0 Å². The normalized spacial score (nSPS) is 30.9. The van der Waals surface area contributed by atoms with Crippen molar-refractivity contribution in [1.82, 2.24) is 5.32 Å². The molecule has 0 aromatic carbocycles. The Bertz CT molecular complexity index is 261. The van der Waals surface area contributed by atoms with E-state index in [1.807, 2.05) is 6.08 Å². The fourth-order valence-electron chi connectivity index (χ4n) is 2.94. The lowest BCUT2D eigenvalue weighted by atomic mass is 9.69. The molecule has 0 radical (unpaired) electrons. The van der Waals surface area contributed by atoms with Crippen LogP contribution in [0.3, 0.4) is 0 Å². The van der Waals surface area contributed by atoms with Gasteiger partial charge in [-0.05, 0) is 23.7 Å². The summed E-state index contributed by atoms with van der Waals surface area (Å²) in [6.45, 7) is 13.2. The van der Waals surface area contributed by atoms with Crippen molar-refractivity contribution in [3.63, 3.8) is 0 Å². The maximum Gasteiger partial charge on any atom is 0.223 e. The van der Waals surface area contributed by atoms with Gasteiger partial charge in [-0.25, -0.2) is 0 Å². The Hall–Kier alpha value is -0.790. The molecular formula is C13H25NO. The van der Waals surface area contributed by atoms with Gasteiger partial charge >= 0.3 is 0 Å². The number of amides is 1. The molecule has 0 spiro atoms. The molecule has 1 aliphatic heterocycles. The van der Waals surface area contributed by atoms with Crippen molar-refractivity contribution in [2.75, 3.05) is 6.54 Å². The first kappa shape index (κ1) is 12.3. The first-order chi connectivity index (χ1) is 6.88. The van der Waals surface area contributed by atoms with E-state index in [1.165, 1.54) is 0 Å². The van der Waals surface area contributed by atoms with Crippen LogP contribution in [0.15, 0.2) is 12.7 Å². The number of nitrogens with one attached hydrogen (secondary N) is 1. The van der Waals surface area contributed by atoms with E-state index in [0.717, 1.165) is 13.0 Å². The lowest BCUT2D eigenvalue weighted by Crippen LogP contribution is -2.39. The van der Waals surface area contributed by atoms with E-state index < -0.39 is 0 Å². The third-order valence-electron chi connectivity index (χ3n) is 3.45.